The average molecular weight is 398 g/mol. The van der Waals surface area contributed by atoms with Crippen molar-refractivity contribution >= 4 is 28.5 Å². The lowest BCUT2D eigenvalue weighted by Gasteiger charge is -2.39. The van der Waals surface area contributed by atoms with Crippen LogP contribution < -0.4 is 5.32 Å². The number of aromatic amines is 1. The van der Waals surface area contributed by atoms with Crippen molar-refractivity contribution < 1.29 is 14.3 Å². The largest absolute Gasteiger partial charge is 0.464 e. The number of hydrogen-bond acceptors (Lipinski definition) is 4. The quantitative estimate of drug-likeness (QED) is 0.762. The van der Waals surface area contributed by atoms with Crippen LogP contribution in [-0.2, 0) is 9.53 Å². The molecule has 2 bridgehead atoms. The van der Waals surface area contributed by atoms with Crippen LogP contribution >= 0.6 is 0 Å². The monoisotopic (exact) mass is 397 g/mol. The first-order chi connectivity index (χ1) is 13.6. The van der Waals surface area contributed by atoms with Gasteiger partial charge in [-0.25, -0.2) is 4.79 Å². The number of amides is 1. The number of anilines is 1. The van der Waals surface area contributed by atoms with Crippen LogP contribution in [0.4, 0.5) is 5.69 Å². The van der Waals surface area contributed by atoms with E-state index in [9.17, 15) is 9.59 Å². The molecule has 2 heterocycles. The zero-order valence-electron chi connectivity index (χ0n) is 18.0. The Kier molecular flexibility index (Phi) is 4.73. The van der Waals surface area contributed by atoms with E-state index in [0.29, 0.717) is 29.4 Å². The molecule has 1 saturated carbocycles. The summed E-state index contributed by atoms with van der Waals surface area (Å²) in [5, 5.41) is 3.87. The predicted molar refractivity (Wildman–Crippen MR) is 114 cm³/mol. The third-order valence-corrected chi connectivity index (χ3v) is 6.56. The van der Waals surface area contributed by atoms with Gasteiger partial charge in [0.2, 0.25) is 5.91 Å². The maximum Gasteiger partial charge on any atom is 0.356 e. The van der Waals surface area contributed by atoms with Crippen LogP contribution in [0, 0.1) is 17.8 Å². The Morgan fingerprint density at radius 3 is 2.76 bits per heavy atom. The highest BCUT2D eigenvalue weighted by Crippen LogP contribution is 2.52. The summed E-state index contributed by atoms with van der Waals surface area (Å²) in [5.74, 6) is -0.574. The number of nitrogens with one attached hydrogen (secondary N) is 2. The number of benzene rings is 1. The molecule has 2 N–H and O–H groups in total. The number of methoxy groups -OCH3 is 1. The van der Waals surface area contributed by atoms with Crippen molar-refractivity contribution in [3.05, 3.63) is 29.5 Å². The van der Waals surface area contributed by atoms with Gasteiger partial charge in [-0.1, -0.05) is 32.9 Å². The number of carbonyl (C=O) groups excluding carboxylic acids is 2. The van der Waals surface area contributed by atoms with Crippen molar-refractivity contribution in [3.63, 3.8) is 0 Å². The standard InChI is InChI=1S/C23H31N3O3/c1-14-7-6-8-16-18(14)19(20(24-16)21(28)29-5)25-17(27)11-26-13-23(4)10-15(26)9-22(2,3)12-23/h6-8,15,24H,9-13H2,1-5H3,(H,25,27)/t15-,23+/m1/s1. The fourth-order valence-corrected chi connectivity index (χ4v) is 5.93. The number of carbonyl (C=O) groups is 2. The molecule has 0 radical (unpaired) electrons. The number of likely N-dealkylation sites (tertiary alicyclic amines) is 1. The Bertz CT molecular complexity index is 977. The van der Waals surface area contributed by atoms with Crippen molar-refractivity contribution in [1.82, 2.24) is 9.88 Å². The molecule has 1 amide bonds. The molecule has 1 saturated heterocycles. The molecule has 2 fully saturated rings. The molecule has 2 aliphatic rings. The number of rotatable bonds is 4. The van der Waals surface area contributed by atoms with E-state index in [1.165, 1.54) is 13.5 Å². The maximum atomic E-state index is 13.0. The first-order valence-electron chi connectivity index (χ1n) is 10.3. The van der Waals surface area contributed by atoms with Gasteiger partial charge >= 0.3 is 5.97 Å². The van der Waals surface area contributed by atoms with Crippen LogP contribution in [0.2, 0.25) is 0 Å². The summed E-state index contributed by atoms with van der Waals surface area (Å²) < 4.78 is 4.92. The van der Waals surface area contributed by atoms with Gasteiger partial charge in [0.05, 0.1) is 19.3 Å². The number of fused-ring (bicyclic) bond motifs is 3. The summed E-state index contributed by atoms with van der Waals surface area (Å²) in [6, 6.07) is 6.24. The van der Waals surface area contributed by atoms with Crippen molar-refractivity contribution in [1.29, 1.82) is 0 Å². The zero-order chi connectivity index (χ0) is 21.0. The van der Waals surface area contributed by atoms with Gasteiger partial charge < -0.3 is 15.0 Å². The van der Waals surface area contributed by atoms with Gasteiger partial charge in [-0.05, 0) is 48.6 Å². The smallest absolute Gasteiger partial charge is 0.356 e. The van der Waals surface area contributed by atoms with Gasteiger partial charge in [0.25, 0.3) is 0 Å². The molecule has 0 unspecified atom stereocenters. The van der Waals surface area contributed by atoms with Gasteiger partial charge in [-0.2, -0.15) is 0 Å². The van der Waals surface area contributed by atoms with E-state index in [4.69, 9.17) is 4.74 Å². The highest BCUT2D eigenvalue weighted by molar-refractivity contribution is 6.12. The molecule has 1 aliphatic carbocycles. The van der Waals surface area contributed by atoms with Crippen LogP contribution in [0.25, 0.3) is 10.9 Å². The fraction of sp³-hybridized carbons (Fsp3) is 0.565. The molecule has 1 aliphatic heterocycles. The number of hydrogen-bond donors (Lipinski definition) is 2. The van der Waals surface area contributed by atoms with Gasteiger partial charge in [0.1, 0.15) is 5.69 Å². The van der Waals surface area contributed by atoms with E-state index in [0.717, 1.165) is 35.9 Å². The van der Waals surface area contributed by atoms with E-state index < -0.39 is 5.97 Å². The fourth-order valence-electron chi connectivity index (χ4n) is 5.93. The average Bonchev–Trinajstić information content (AvgIpc) is 3.09. The minimum atomic E-state index is -0.484. The van der Waals surface area contributed by atoms with Crippen LogP contribution in [0.3, 0.4) is 0 Å². The molecule has 2 atom stereocenters. The third-order valence-electron chi connectivity index (χ3n) is 6.56. The Labute approximate surface area is 172 Å². The Balaban J connectivity index is 1.58. The number of aromatic nitrogens is 1. The highest BCUT2D eigenvalue weighted by atomic mass is 16.5. The van der Waals surface area contributed by atoms with E-state index >= 15 is 0 Å². The topological polar surface area (TPSA) is 74.4 Å². The van der Waals surface area contributed by atoms with E-state index in [1.54, 1.807) is 0 Å². The molecule has 4 rings (SSSR count). The molecule has 6 nitrogen and oxygen atoms in total. The van der Waals surface area contributed by atoms with E-state index in [-0.39, 0.29) is 11.3 Å². The summed E-state index contributed by atoms with van der Waals surface area (Å²) in [5.41, 5.74) is 3.21. The second kappa shape index (κ2) is 6.87. The number of esters is 1. The second-order valence-electron chi connectivity index (χ2n) is 10.0. The molecule has 1 aromatic carbocycles. The van der Waals surface area contributed by atoms with Crippen molar-refractivity contribution in [2.75, 3.05) is 25.5 Å². The Hall–Kier alpha value is -2.34. The van der Waals surface area contributed by atoms with Crippen molar-refractivity contribution in [2.45, 2.75) is 53.0 Å². The van der Waals surface area contributed by atoms with Crippen molar-refractivity contribution in [3.8, 4) is 0 Å². The minimum Gasteiger partial charge on any atom is -0.464 e. The third kappa shape index (κ3) is 3.66. The zero-order valence-corrected chi connectivity index (χ0v) is 18.0. The first kappa shape index (κ1) is 20.0. The maximum absolute atomic E-state index is 13.0. The second-order valence-corrected chi connectivity index (χ2v) is 10.0. The molecule has 1 aromatic heterocycles. The normalized spacial score (nSPS) is 25.9. The molecule has 156 valence electrons. The van der Waals surface area contributed by atoms with Gasteiger partial charge in [0.15, 0.2) is 0 Å². The Morgan fingerprint density at radius 2 is 2.03 bits per heavy atom. The van der Waals surface area contributed by atoms with E-state index in [1.807, 2.05) is 25.1 Å². The minimum absolute atomic E-state index is 0.0896. The number of nitrogens with zero attached hydrogens (tertiary/aromatic N) is 1. The van der Waals surface area contributed by atoms with Gasteiger partial charge in [0, 0.05) is 23.5 Å². The lowest BCUT2D eigenvalue weighted by atomic mass is 9.65. The molecular formula is C23H31N3O3. The molecule has 2 aromatic rings. The Morgan fingerprint density at radius 1 is 1.28 bits per heavy atom. The summed E-state index contributed by atoms with van der Waals surface area (Å²) in [6.45, 7) is 10.3. The van der Waals surface area contributed by atoms with Gasteiger partial charge in [-0.3, -0.25) is 9.69 Å². The highest BCUT2D eigenvalue weighted by Gasteiger charge is 2.49. The number of ether oxygens (including phenoxy) is 1. The molecule has 29 heavy (non-hydrogen) atoms. The van der Waals surface area contributed by atoms with Crippen molar-refractivity contribution in [2.24, 2.45) is 10.8 Å². The number of aryl methyl sites for hydroxylation is 1. The molecule has 6 heteroatoms. The van der Waals surface area contributed by atoms with Crippen LogP contribution in [-0.4, -0.2) is 48.0 Å². The predicted octanol–water partition coefficient (Wildman–Crippen LogP) is 4.10. The summed E-state index contributed by atoms with van der Waals surface area (Å²) in [4.78, 5) is 30.7. The van der Waals surface area contributed by atoms with Crippen LogP contribution in [0.5, 0.6) is 0 Å². The summed E-state index contributed by atoms with van der Waals surface area (Å²) >= 11 is 0. The molecule has 0 spiro atoms. The van der Waals surface area contributed by atoms with Crippen LogP contribution in [0.1, 0.15) is 56.1 Å². The first-order valence-corrected chi connectivity index (χ1v) is 10.3. The number of H-pyrrole nitrogens is 1. The summed E-state index contributed by atoms with van der Waals surface area (Å²) in [6.07, 6.45) is 3.47. The van der Waals surface area contributed by atoms with Crippen LogP contribution in [0.15, 0.2) is 18.2 Å². The lowest BCUT2D eigenvalue weighted by molar-refractivity contribution is -0.117. The molecular weight excluding hydrogens is 366 g/mol. The SMILES string of the molecule is COC(=O)c1[nH]c2cccc(C)c2c1NC(=O)CN1C[C@@]2(C)C[C@H]1CC(C)(C)C2. The van der Waals surface area contributed by atoms with E-state index in [2.05, 4.69) is 36.0 Å². The lowest BCUT2D eigenvalue weighted by Crippen LogP contribution is -2.38. The summed E-state index contributed by atoms with van der Waals surface area (Å²) in [7, 11) is 1.35. The van der Waals surface area contributed by atoms with Gasteiger partial charge in [-0.15, -0.1) is 0 Å².